The van der Waals surface area contributed by atoms with Gasteiger partial charge in [-0.25, -0.2) is 0 Å². The Morgan fingerprint density at radius 2 is 1.82 bits per heavy atom. The van der Waals surface area contributed by atoms with Crippen LogP contribution in [0.1, 0.15) is 25.7 Å². The third kappa shape index (κ3) is 2.21. The second kappa shape index (κ2) is 5.10. The Kier molecular flexibility index (Phi) is 3.49. The predicted molar refractivity (Wildman–Crippen MR) is 64.9 cm³/mol. The van der Waals surface area contributed by atoms with Gasteiger partial charge in [0.1, 0.15) is 5.60 Å². The van der Waals surface area contributed by atoms with E-state index in [1.807, 2.05) is 0 Å². The molecular weight excluding hydrogens is 306 g/mol. The molecule has 0 spiro atoms. The molecule has 2 aliphatic carbocycles. The molecule has 0 amide bonds. The molecule has 3 atom stereocenters. The van der Waals surface area contributed by atoms with Crippen LogP contribution in [0.4, 0.5) is 17.6 Å². The summed E-state index contributed by atoms with van der Waals surface area (Å²) in [5, 5.41) is 0. The number of esters is 1. The maximum atomic E-state index is 13.7. The summed E-state index contributed by atoms with van der Waals surface area (Å²) in [5.41, 5.74) is -1.01. The summed E-state index contributed by atoms with van der Waals surface area (Å²) < 4.78 is 63.7. The second-order valence-electron chi connectivity index (χ2n) is 5.77. The van der Waals surface area contributed by atoms with Crippen LogP contribution in [-0.4, -0.2) is 23.7 Å². The molecule has 1 heterocycles. The number of fused-ring (bicyclic) bond motifs is 2. The minimum absolute atomic E-state index is 0.0184. The van der Waals surface area contributed by atoms with E-state index in [1.165, 1.54) is 7.11 Å². The number of nitrogens with zero attached hydrogens (tertiary/aromatic N) is 1. The van der Waals surface area contributed by atoms with Crippen LogP contribution in [0.3, 0.4) is 0 Å². The van der Waals surface area contributed by atoms with Crippen molar-refractivity contribution in [3.8, 4) is 5.75 Å². The molecule has 2 bridgehead atoms. The number of rotatable bonds is 3. The molecule has 8 heteroatoms. The van der Waals surface area contributed by atoms with Crippen LogP contribution >= 0.6 is 0 Å². The third-order valence-electron chi connectivity index (χ3n) is 4.55. The molecule has 0 radical (unpaired) electrons. The van der Waals surface area contributed by atoms with Gasteiger partial charge in [0, 0.05) is 6.42 Å². The van der Waals surface area contributed by atoms with Crippen molar-refractivity contribution in [2.24, 2.45) is 11.8 Å². The summed E-state index contributed by atoms with van der Waals surface area (Å²) in [5.74, 6) is -8.84. The van der Waals surface area contributed by atoms with Gasteiger partial charge in [0.15, 0.2) is 0 Å². The Morgan fingerprint density at radius 3 is 2.41 bits per heavy atom. The highest BCUT2D eigenvalue weighted by Gasteiger charge is 2.55. The number of hydrogen-bond acceptors (Lipinski definition) is 4. The van der Waals surface area contributed by atoms with Gasteiger partial charge < -0.3 is 9.47 Å². The van der Waals surface area contributed by atoms with E-state index in [2.05, 4.69) is 4.98 Å². The largest absolute Gasteiger partial charge is 0.481 e. The van der Waals surface area contributed by atoms with Gasteiger partial charge in [-0.2, -0.15) is 22.5 Å². The monoisotopic (exact) mass is 319 g/mol. The lowest BCUT2D eigenvalue weighted by atomic mass is 9.87. The van der Waals surface area contributed by atoms with E-state index in [4.69, 9.17) is 9.47 Å². The van der Waals surface area contributed by atoms with Crippen LogP contribution in [0, 0.1) is 35.4 Å². The molecule has 2 aliphatic rings. The van der Waals surface area contributed by atoms with E-state index in [0.29, 0.717) is 19.3 Å². The Hall–Kier alpha value is -1.86. The minimum atomic E-state index is -1.76. The summed E-state index contributed by atoms with van der Waals surface area (Å²) in [4.78, 5) is 14.2. The zero-order valence-electron chi connectivity index (χ0n) is 11.7. The number of pyridine rings is 1. The number of methoxy groups -OCH3 is 1. The standard InChI is InChI=1S/C14H13F4NO3/c1-21-13(20)7-5-14(3-2-6(7)4-14)22-10-8(15)11(17)19-12(18)9(10)16/h6-7H,2-5H2,1H3. The van der Waals surface area contributed by atoms with Crippen molar-refractivity contribution in [2.75, 3.05) is 7.11 Å². The quantitative estimate of drug-likeness (QED) is 0.488. The van der Waals surface area contributed by atoms with Crippen molar-refractivity contribution in [2.45, 2.75) is 31.3 Å². The van der Waals surface area contributed by atoms with Crippen LogP contribution in [0.15, 0.2) is 0 Å². The highest BCUT2D eigenvalue weighted by atomic mass is 19.2. The van der Waals surface area contributed by atoms with Crippen LogP contribution in [0.5, 0.6) is 5.75 Å². The summed E-state index contributed by atoms with van der Waals surface area (Å²) in [6, 6.07) is 0. The minimum Gasteiger partial charge on any atom is -0.481 e. The summed E-state index contributed by atoms with van der Waals surface area (Å²) in [6.07, 6.45) is 1.67. The molecule has 1 aromatic heterocycles. The number of ether oxygens (including phenoxy) is 2. The number of carbonyl (C=O) groups is 1. The Balaban J connectivity index is 1.90. The molecule has 0 saturated heterocycles. The van der Waals surface area contributed by atoms with Crippen molar-refractivity contribution < 1.29 is 31.8 Å². The lowest BCUT2D eigenvalue weighted by Gasteiger charge is -2.30. The van der Waals surface area contributed by atoms with E-state index in [9.17, 15) is 22.4 Å². The molecule has 4 nitrogen and oxygen atoms in total. The van der Waals surface area contributed by atoms with Crippen LogP contribution in [0.25, 0.3) is 0 Å². The third-order valence-corrected chi connectivity index (χ3v) is 4.55. The number of aromatic nitrogens is 1. The zero-order valence-corrected chi connectivity index (χ0v) is 11.7. The van der Waals surface area contributed by atoms with Crippen molar-refractivity contribution in [3.05, 3.63) is 23.5 Å². The topological polar surface area (TPSA) is 48.4 Å². The van der Waals surface area contributed by atoms with E-state index < -0.39 is 46.8 Å². The summed E-state index contributed by atoms with van der Waals surface area (Å²) >= 11 is 0. The van der Waals surface area contributed by atoms with Crippen LogP contribution in [0.2, 0.25) is 0 Å². The Bertz CT molecular complexity index is 613. The highest BCUT2D eigenvalue weighted by Crippen LogP contribution is 2.54. The molecule has 120 valence electrons. The summed E-state index contributed by atoms with van der Waals surface area (Å²) in [6.45, 7) is 0. The predicted octanol–water partition coefficient (Wildman–Crippen LogP) is 2.75. The first kappa shape index (κ1) is 15.1. The average molecular weight is 319 g/mol. The zero-order chi connectivity index (χ0) is 16.1. The normalized spacial score (nSPS) is 29.7. The van der Waals surface area contributed by atoms with Crippen molar-refractivity contribution in [1.29, 1.82) is 0 Å². The van der Waals surface area contributed by atoms with Crippen molar-refractivity contribution in [1.82, 2.24) is 4.98 Å². The first-order valence-electron chi connectivity index (χ1n) is 6.84. The molecule has 0 aromatic carbocycles. The van der Waals surface area contributed by atoms with E-state index in [0.717, 1.165) is 0 Å². The van der Waals surface area contributed by atoms with Gasteiger partial charge in [0.25, 0.3) is 11.9 Å². The fourth-order valence-corrected chi connectivity index (χ4v) is 3.56. The summed E-state index contributed by atoms with van der Waals surface area (Å²) in [7, 11) is 1.26. The second-order valence-corrected chi connectivity index (χ2v) is 5.77. The lowest BCUT2D eigenvalue weighted by Crippen LogP contribution is -2.35. The molecule has 1 aromatic rings. The Morgan fingerprint density at radius 1 is 1.18 bits per heavy atom. The van der Waals surface area contributed by atoms with Crippen LogP contribution < -0.4 is 4.74 Å². The molecule has 3 rings (SSSR count). The molecule has 22 heavy (non-hydrogen) atoms. The molecule has 0 aliphatic heterocycles. The van der Waals surface area contributed by atoms with Crippen molar-refractivity contribution >= 4 is 5.97 Å². The van der Waals surface area contributed by atoms with Gasteiger partial charge >= 0.3 is 5.97 Å². The van der Waals surface area contributed by atoms with E-state index in [-0.39, 0.29) is 12.3 Å². The average Bonchev–Trinajstić information content (AvgIpc) is 3.07. The van der Waals surface area contributed by atoms with Gasteiger partial charge in [0.05, 0.1) is 13.0 Å². The lowest BCUT2D eigenvalue weighted by molar-refractivity contribution is -0.148. The fourth-order valence-electron chi connectivity index (χ4n) is 3.56. The number of hydrogen-bond donors (Lipinski definition) is 0. The van der Waals surface area contributed by atoms with Gasteiger partial charge in [-0.05, 0) is 25.2 Å². The number of halogens is 4. The van der Waals surface area contributed by atoms with Gasteiger partial charge in [-0.3, -0.25) is 4.79 Å². The number of carbonyl (C=O) groups excluding carboxylic acids is 1. The van der Waals surface area contributed by atoms with E-state index >= 15 is 0 Å². The Labute approximate surface area is 123 Å². The van der Waals surface area contributed by atoms with Gasteiger partial charge in [0.2, 0.25) is 17.4 Å². The molecule has 2 fully saturated rings. The van der Waals surface area contributed by atoms with Crippen LogP contribution in [-0.2, 0) is 9.53 Å². The smallest absolute Gasteiger partial charge is 0.309 e. The van der Waals surface area contributed by atoms with Gasteiger partial charge in [-0.15, -0.1) is 0 Å². The SMILES string of the molecule is COC(=O)C1CC2(Oc3c(F)c(F)nc(F)c3F)CCC1C2. The highest BCUT2D eigenvalue weighted by molar-refractivity contribution is 5.73. The first-order chi connectivity index (χ1) is 10.4. The molecule has 2 saturated carbocycles. The molecular formula is C14H13F4NO3. The van der Waals surface area contributed by atoms with E-state index in [1.54, 1.807) is 0 Å². The maximum absolute atomic E-state index is 13.7. The molecule has 0 N–H and O–H groups in total. The fraction of sp³-hybridized carbons (Fsp3) is 0.571. The first-order valence-corrected chi connectivity index (χ1v) is 6.84. The maximum Gasteiger partial charge on any atom is 0.309 e. The van der Waals surface area contributed by atoms with Gasteiger partial charge in [-0.1, -0.05) is 0 Å². The van der Waals surface area contributed by atoms with Crippen molar-refractivity contribution in [3.63, 3.8) is 0 Å². The molecule has 3 unspecified atom stereocenters.